The van der Waals surface area contributed by atoms with E-state index in [0.29, 0.717) is 137 Å². The van der Waals surface area contributed by atoms with Gasteiger partial charge in [0.05, 0.1) is 70.0 Å². The van der Waals surface area contributed by atoms with Crippen molar-refractivity contribution in [3.05, 3.63) is 112 Å². The molecule has 0 radical (unpaired) electrons. The maximum Gasteiger partial charge on any atom is 0.246 e. The van der Waals surface area contributed by atoms with Crippen LogP contribution in [-0.4, -0.2) is 189 Å². The second kappa shape index (κ2) is 32.5. The topological polar surface area (TPSA) is 227 Å². The second-order valence-corrected chi connectivity index (χ2v) is 23.9. The van der Waals surface area contributed by atoms with E-state index >= 15 is 4.39 Å². The van der Waals surface area contributed by atoms with Crippen LogP contribution in [0.4, 0.5) is 16.2 Å². The molecular weight excluding hydrogens is 1180 g/mol. The molecule has 2 aromatic heterocycles. The third-order valence-corrected chi connectivity index (χ3v) is 18.1. The Morgan fingerprint density at radius 2 is 1.54 bits per heavy atom. The highest BCUT2D eigenvalue weighted by Gasteiger charge is 2.40. The van der Waals surface area contributed by atoms with Gasteiger partial charge in [-0.2, -0.15) is 4.98 Å². The number of carbonyl (C=O) groups is 5. The van der Waals surface area contributed by atoms with Gasteiger partial charge in [-0.25, -0.2) is 14.4 Å². The van der Waals surface area contributed by atoms with Gasteiger partial charge in [-0.15, -0.1) is 11.3 Å². The minimum Gasteiger partial charge on any atom is -0.508 e. The molecule has 2 aliphatic heterocycles. The first-order valence-electron chi connectivity index (χ1n) is 30.8. The van der Waals surface area contributed by atoms with Crippen molar-refractivity contribution in [1.82, 2.24) is 35.0 Å². The number of nitrogens with zero attached hydrogens (tertiary/aromatic N) is 7. The average molecular weight is 1260 g/mol. The number of benzene rings is 4. The van der Waals surface area contributed by atoms with E-state index < -0.39 is 5.82 Å². The number of phenolic OH excluding ortho intramolecular Hbond substituents is 1. The molecule has 1 saturated carbocycles. The first-order valence-corrected chi connectivity index (χ1v) is 32.1. The van der Waals surface area contributed by atoms with Crippen LogP contribution in [0.15, 0.2) is 84.8 Å². The number of aromatic hydroxyl groups is 1. The fraction of sp³-hybridized carbons (Fsp3) is 0.485. The van der Waals surface area contributed by atoms with E-state index in [4.69, 9.17) is 45.3 Å². The number of piperazine rings is 1. The number of anilines is 2. The van der Waals surface area contributed by atoms with Crippen LogP contribution in [0.5, 0.6) is 11.5 Å². The minimum absolute atomic E-state index is 0.00464. The van der Waals surface area contributed by atoms with E-state index in [2.05, 4.69) is 22.2 Å². The van der Waals surface area contributed by atoms with Crippen molar-refractivity contribution in [2.45, 2.75) is 76.8 Å². The summed E-state index contributed by atoms with van der Waals surface area (Å²) >= 11 is 8.29. The summed E-state index contributed by atoms with van der Waals surface area (Å²) < 4.78 is 45.6. The number of rotatable bonds is 32. The molecule has 3 aliphatic rings. The first-order chi connectivity index (χ1) is 43.2. The van der Waals surface area contributed by atoms with E-state index in [1.165, 1.54) is 23.5 Å². The maximum atomic E-state index is 17.0. The van der Waals surface area contributed by atoms with Crippen molar-refractivity contribution in [2.75, 3.05) is 130 Å². The lowest BCUT2D eigenvalue weighted by atomic mass is 9.76. The summed E-state index contributed by atoms with van der Waals surface area (Å²) in [5.74, 6) is -0.291. The van der Waals surface area contributed by atoms with E-state index in [9.17, 15) is 29.1 Å². The molecule has 3 atom stereocenters. The Labute approximate surface area is 528 Å². The van der Waals surface area contributed by atoms with Crippen LogP contribution in [0, 0.1) is 17.7 Å². The maximum absolute atomic E-state index is 17.0. The number of aromatic nitrogens is 3. The third-order valence-electron chi connectivity index (χ3n) is 16.8. The number of ether oxygens (including phenoxy) is 5. The standard InChI is InChI=1S/C66H81ClFN9O11S/c1-5-57(80)75-23-25-76(26-24-75)63-52-40-53(67)59(51-39-47(78)37-45-15-9-10-18-49(45)51)60(68)61(52)72-66(73-63)70-21-20-58(81)74(4)27-28-84-29-30-85-31-32-86-33-34-87-35-36-88-48-17-11-16-46(38-48)62(82)54-42-89-64(71-54)55-19-12-22-77(55)65(83)50(41-56(79)43(2)69-3)44-13-7-6-8-14-44/h5,9-11,15-18,37-40,42-44,50,55,69,78H,1,6-8,12-14,19-36,41H2,2-4H3,(H,70,72,73)/t43-,50-,55-/m0/s1. The first kappa shape index (κ1) is 66.2. The number of amides is 3. The molecule has 20 nitrogen and oxygen atoms in total. The van der Waals surface area contributed by atoms with Crippen molar-refractivity contribution in [3.63, 3.8) is 0 Å². The molecular formula is C66H81ClFN9O11S. The van der Waals surface area contributed by atoms with Gasteiger partial charge in [0.15, 0.2) is 5.82 Å². The number of Topliss-reactive ketones (excluding diaryl/α,β-unsaturated/α-hetero) is 1. The zero-order valence-corrected chi connectivity index (χ0v) is 52.6. The van der Waals surface area contributed by atoms with Crippen LogP contribution in [0.2, 0.25) is 5.02 Å². The van der Waals surface area contributed by atoms with Crippen LogP contribution < -0.4 is 20.3 Å². The Kier molecular flexibility index (Phi) is 24.2. The van der Waals surface area contributed by atoms with E-state index in [1.807, 2.05) is 41.0 Å². The number of likely N-dealkylation sites (N-methyl/N-ethyl adjacent to an activating group) is 2. The largest absolute Gasteiger partial charge is 0.508 e. The molecule has 4 heterocycles. The molecule has 23 heteroatoms. The summed E-state index contributed by atoms with van der Waals surface area (Å²) in [6, 6.07) is 18.5. The Bertz CT molecular complexity index is 3430. The number of thiazole rings is 1. The number of nitrogens with one attached hydrogen (secondary N) is 2. The van der Waals surface area contributed by atoms with Crippen molar-refractivity contribution in [1.29, 1.82) is 0 Å². The molecule has 0 unspecified atom stereocenters. The molecule has 3 amide bonds. The van der Waals surface area contributed by atoms with Crippen LogP contribution >= 0.6 is 22.9 Å². The van der Waals surface area contributed by atoms with Crippen LogP contribution in [0.25, 0.3) is 32.8 Å². The molecule has 0 bridgehead atoms. The molecule has 3 N–H and O–H groups in total. The highest BCUT2D eigenvalue weighted by molar-refractivity contribution is 7.10. The Morgan fingerprint density at radius 1 is 0.831 bits per heavy atom. The molecule has 476 valence electrons. The number of ketones is 2. The zero-order chi connectivity index (χ0) is 62.8. The lowest BCUT2D eigenvalue weighted by Crippen LogP contribution is -2.48. The quantitative estimate of drug-likeness (QED) is 0.0203. The second-order valence-electron chi connectivity index (χ2n) is 22.6. The molecule has 2 saturated heterocycles. The molecule has 9 rings (SSSR count). The number of carbonyl (C=O) groups excluding carboxylic acids is 5. The lowest BCUT2D eigenvalue weighted by molar-refractivity contribution is -0.141. The van der Waals surface area contributed by atoms with Crippen molar-refractivity contribution < 1.29 is 57.2 Å². The minimum atomic E-state index is -0.693. The summed E-state index contributed by atoms with van der Waals surface area (Å²) in [7, 11) is 3.46. The van der Waals surface area contributed by atoms with Gasteiger partial charge in [-0.1, -0.05) is 73.8 Å². The number of hydrogen-bond donors (Lipinski definition) is 3. The van der Waals surface area contributed by atoms with Crippen LogP contribution in [-0.2, 0) is 38.1 Å². The predicted molar refractivity (Wildman–Crippen MR) is 342 cm³/mol. The normalized spacial score (nSPS) is 16.2. The van der Waals surface area contributed by atoms with E-state index in [0.717, 1.165) is 50.0 Å². The van der Waals surface area contributed by atoms with Crippen LogP contribution in [0.3, 0.4) is 0 Å². The van der Waals surface area contributed by atoms with Crippen LogP contribution in [0.1, 0.15) is 91.8 Å². The number of phenols is 1. The summed E-state index contributed by atoms with van der Waals surface area (Å²) in [5.41, 5.74) is 1.26. The van der Waals surface area contributed by atoms with Gasteiger partial charge in [-0.05, 0) is 98.3 Å². The zero-order valence-electron chi connectivity index (χ0n) is 51.0. The van der Waals surface area contributed by atoms with Gasteiger partial charge in [0.2, 0.25) is 29.5 Å². The Hall–Kier alpha value is -7.18. The smallest absolute Gasteiger partial charge is 0.246 e. The van der Waals surface area contributed by atoms with Crippen molar-refractivity contribution in [2.24, 2.45) is 11.8 Å². The summed E-state index contributed by atoms with van der Waals surface area (Å²) in [6.45, 7) is 11.2. The van der Waals surface area contributed by atoms with E-state index in [-0.39, 0.29) is 107 Å². The average Bonchev–Trinajstić information content (AvgIpc) is 1.35. The van der Waals surface area contributed by atoms with Gasteiger partial charge in [-0.3, -0.25) is 24.0 Å². The summed E-state index contributed by atoms with van der Waals surface area (Å²) in [6.07, 6.45) is 8.46. The number of hydrogen-bond acceptors (Lipinski definition) is 18. The fourth-order valence-corrected chi connectivity index (χ4v) is 13.0. The SMILES string of the molecule is C=CC(=O)N1CCN(c2nc(NCCC(=O)N(C)CCOCCOCCOCCOCCOc3cccc(C(=O)c4csc([C@@H]5CCCN5C(=O)[C@@H](CC(=O)[C@H](C)NC)C5CCCCC5)n4)c3)nc3c(F)c(-c4cc(O)cc5ccccc45)c(Cl)cc23)CC1. The molecule has 0 spiro atoms. The number of likely N-dealkylation sites (tertiary alicyclic amines) is 1. The lowest BCUT2D eigenvalue weighted by Gasteiger charge is -2.35. The third kappa shape index (κ3) is 17.2. The van der Waals surface area contributed by atoms with Gasteiger partial charge in [0.25, 0.3) is 0 Å². The van der Waals surface area contributed by atoms with Crippen molar-refractivity contribution in [3.8, 4) is 22.6 Å². The molecule has 6 aromatic rings. The van der Waals surface area contributed by atoms with Gasteiger partial charge in [0, 0.05) is 93.5 Å². The van der Waals surface area contributed by atoms with E-state index in [1.54, 1.807) is 65.7 Å². The summed E-state index contributed by atoms with van der Waals surface area (Å²) in [5, 5.41) is 21.2. The molecule has 4 aromatic carbocycles. The van der Waals surface area contributed by atoms with Gasteiger partial charge >= 0.3 is 0 Å². The predicted octanol–water partition coefficient (Wildman–Crippen LogP) is 9.30. The highest BCUT2D eigenvalue weighted by atomic mass is 35.5. The summed E-state index contributed by atoms with van der Waals surface area (Å²) in [4.78, 5) is 88.0. The number of fused-ring (bicyclic) bond motifs is 2. The molecule has 89 heavy (non-hydrogen) atoms. The fourth-order valence-electron chi connectivity index (χ4n) is 11.8. The highest BCUT2D eigenvalue weighted by Crippen LogP contribution is 2.43. The van der Waals surface area contributed by atoms with Gasteiger partial charge < -0.3 is 59.0 Å². The van der Waals surface area contributed by atoms with Crippen molar-refractivity contribution >= 4 is 85.7 Å². The monoisotopic (exact) mass is 1260 g/mol. The molecule has 1 aliphatic carbocycles. The Balaban J connectivity index is 0.642. The molecule has 3 fully saturated rings. The van der Waals surface area contributed by atoms with Gasteiger partial charge in [0.1, 0.15) is 45.9 Å². The number of halogens is 2. The Morgan fingerprint density at radius 3 is 2.26 bits per heavy atom.